The molecule has 2 aromatic heterocycles. The van der Waals surface area contributed by atoms with Gasteiger partial charge in [0, 0.05) is 40.7 Å². The van der Waals surface area contributed by atoms with Crippen LogP contribution in [0.5, 0.6) is 11.5 Å². The Hall–Kier alpha value is -4.83. The molecule has 0 unspecified atom stereocenters. The van der Waals surface area contributed by atoms with Gasteiger partial charge in [-0.1, -0.05) is 38.8 Å². The Morgan fingerprint density at radius 2 is 1.82 bits per heavy atom. The lowest BCUT2D eigenvalue weighted by molar-refractivity contribution is -0.159. The third-order valence-corrected chi connectivity index (χ3v) is 14.4. The number of aryl methyl sites for hydroxylation is 1. The van der Waals surface area contributed by atoms with Crippen LogP contribution >= 0.6 is 11.3 Å². The van der Waals surface area contributed by atoms with Gasteiger partial charge in [-0.2, -0.15) is 0 Å². The molecule has 0 radical (unpaired) electrons. The number of nitrogens with zero attached hydrogens (tertiary/aromatic N) is 3. The van der Waals surface area contributed by atoms with Gasteiger partial charge in [0.05, 0.1) is 36.5 Å². The quantitative estimate of drug-likeness (QED) is 0.0660. The Labute approximate surface area is 369 Å². The predicted octanol–water partition coefficient (Wildman–Crippen LogP) is 7.30. The molecule has 3 aliphatic rings. The second-order valence-electron chi connectivity index (χ2n) is 18.1. The minimum atomic E-state index is -3.92. The topological polar surface area (TPSA) is 183 Å². The first-order valence-electron chi connectivity index (χ1n) is 21.5. The molecule has 3 amide bonds. The van der Waals surface area contributed by atoms with Crippen LogP contribution in [0.25, 0.3) is 21.6 Å². The van der Waals surface area contributed by atoms with Crippen LogP contribution in [-0.2, 0) is 33.9 Å². The maximum absolute atomic E-state index is 14.9. The highest BCUT2D eigenvalue weighted by atomic mass is 32.2. The van der Waals surface area contributed by atoms with Crippen molar-refractivity contribution in [2.24, 2.45) is 11.8 Å². The SMILES string of the molecule is C=CCCCCC[C@H](CC(=O)OC(C)(C)C)C(=O)N1C[C@H](Oc2cc(-c3nc(C(C)C)cs3)nc3c(C)c(OC)ccc23)C[C@H]1C(=O)N[C@]1(C(=O)NS(=O)(=O)C2CC2)C[C@H]1C=C. The maximum Gasteiger partial charge on any atom is 0.307 e. The average molecular weight is 892 g/mol. The average Bonchev–Trinajstić information content (AvgIpc) is 4.09. The van der Waals surface area contributed by atoms with Crippen molar-refractivity contribution in [2.45, 2.75) is 140 Å². The zero-order valence-electron chi connectivity index (χ0n) is 37.0. The molecule has 0 bridgehead atoms. The lowest BCUT2D eigenvalue weighted by atomic mass is 9.95. The summed E-state index contributed by atoms with van der Waals surface area (Å²) >= 11 is 1.47. The number of rotatable bonds is 20. The van der Waals surface area contributed by atoms with Crippen LogP contribution in [0.2, 0.25) is 0 Å². The Kier molecular flexibility index (Phi) is 14.2. The van der Waals surface area contributed by atoms with Gasteiger partial charge in [-0.25, -0.2) is 18.4 Å². The van der Waals surface area contributed by atoms with Crippen molar-refractivity contribution in [2.75, 3.05) is 13.7 Å². The third kappa shape index (κ3) is 10.7. The van der Waals surface area contributed by atoms with Crippen LogP contribution in [0, 0.1) is 18.8 Å². The number of unbranched alkanes of at least 4 members (excludes halogenated alkanes) is 3. The number of amides is 3. The molecular formula is C46H61N5O9S2. The second-order valence-corrected chi connectivity index (χ2v) is 20.9. The van der Waals surface area contributed by atoms with Crippen molar-refractivity contribution in [3.63, 3.8) is 0 Å². The maximum atomic E-state index is 14.9. The largest absolute Gasteiger partial charge is 0.496 e. The van der Waals surface area contributed by atoms with E-state index in [-0.39, 0.29) is 31.7 Å². The fourth-order valence-electron chi connectivity index (χ4n) is 8.04. The normalized spacial score (nSPS) is 21.6. The van der Waals surface area contributed by atoms with Gasteiger partial charge in [0.2, 0.25) is 21.8 Å². The predicted molar refractivity (Wildman–Crippen MR) is 239 cm³/mol. The first-order valence-corrected chi connectivity index (χ1v) is 24.0. The van der Waals surface area contributed by atoms with E-state index in [0.29, 0.717) is 58.8 Å². The minimum absolute atomic E-state index is 0.0125. The molecule has 2 aliphatic carbocycles. The van der Waals surface area contributed by atoms with Crippen molar-refractivity contribution in [3.05, 3.63) is 60.1 Å². The third-order valence-electron chi connectivity index (χ3n) is 11.7. The van der Waals surface area contributed by atoms with Crippen LogP contribution in [0.15, 0.2) is 48.9 Å². The van der Waals surface area contributed by atoms with Gasteiger partial charge < -0.3 is 24.4 Å². The van der Waals surface area contributed by atoms with E-state index in [4.69, 9.17) is 24.2 Å². The zero-order chi connectivity index (χ0) is 45.1. The number of hydrogen-bond acceptors (Lipinski definition) is 12. The number of fused-ring (bicyclic) bond motifs is 1. The molecule has 0 spiro atoms. The number of sulfonamides is 1. The molecule has 6 rings (SSSR count). The van der Waals surface area contributed by atoms with Crippen molar-refractivity contribution in [1.82, 2.24) is 24.9 Å². The van der Waals surface area contributed by atoms with Crippen molar-refractivity contribution >= 4 is 56.0 Å². The number of nitrogens with one attached hydrogen (secondary N) is 2. The Balaban J connectivity index is 1.35. The van der Waals surface area contributed by atoms with Gasteiger partial charge >= 0.3 is 5.97 Å². The summed E-state index contributed by atoms with van der Waals surface area (Å²) in [6, 6.07) is 4.39. The molecule has 14 nitrogen and oxygen atoms in total. The summed E-state index contributed by atoms with van der Waals surface area (Å²) in [4.78, 5) is 67.8. The molecule has 62 heavy (non-hydrogen) atoms. The van der Waals surface area contributed by atoms with E-state index in [9.17, 15) is 27.6 Å². The fraction of sp³-hybridized carbons (Fsp3) is 0.565. The number of ether oxygens (including phenoxy) is 3. The van der Waals surface area contributed by atoms with E-state index < -0.39 is 74.1 Å². The molecule has 3 aromatic rings. The Morgan fingerprint density at radius 1 is 1.08 bits per heavy atom. The molecule has 2 N–H and O–H groups in total. The highest BCUT2D eigenvalue weighted by Gasteiger charge is 2.62. The second kappa shape index (κ2) is 18.9. The van der Waals surface area contributed by atoms with Crippen molar-refractivity contribution in [1.29, 1.82) is 0 Å². The molecule has 3 heterocycles. The molecule has 5 atom stereocenters. The van der Waals surface area contributed by atoms with Gasteiger partial charge in [0.15, 0.2) is 0 Å². The van der Waals surface area contributed by atoms with Crippen molar-refractivity contribution in [3.8, 4) is 22.2 Å². The van der Waals surface area contributed by atoms with Gasteiger partial charge in [-0.05, 0) is 84.3 Å². The van der Waals surface area contributed by atoms with Crippen LogP contribution in [0.4, 0.5) is 0 Å². The fourth-order valence-corrected chi connectivity index (χ4v) is 10.3. The molecule has 3 fully saturated rings. The highest BCUT2D eigenvalue weighted by molar-refractivity contribution is 7.91. The summed E-state index contributed by atoms with van der Waals surface area (Å²) in [5.41, 5.74) is 0.623. The van der Waals surface area contributed by atoms with Gasteiger partial charge in [0.1, 0.15) is 45.5 Å². The lowest BCUT2D eigenvalue weighted by Gasteiger charge is -2.30. The first-order chi connectivity index (χ1) is 29.3. The summed E-state index contributed by atoms with van der Waals surface area (Å²) in [5, 5.41) is 5.62. The number of carbonyl (C=O) groups is 4. The molecule has 1 saturated heterocycles. The number of carbonyl (C=O) groups excluding carboxylic acids is 4. The standard InChI is InChI=1S/C46H61N5O9S2/c1-10-12-13-14-15-16-29(21-39(52)60-45(6,7)8)43(54)51-25-31(22-36(51)41(53)49-46(24-30(46)11-2)44(55)50-62(56,57)32-17-18-32)59-38-23-34(42-48-35(26-61-42)27(3)4)47-40-28(5)37(58-9)20-19-33(38)40/h10-11,19-20,23,26-27,29-32,36H,1-2,12-18,21-22,24-25H2,3-9H3,(H,49,53)(H,50,55)/t29-,30-,31-,36+,46-/m1/s1. The minimum Gasteiger partial charge on any atom is -0.496 e. The van der Waals surface area contributed by atoms with E-state index in [2.05, 4.69) is 37.0 Å². The summed E-state index contributed by atoms with van der Waals surface area (Å²) in [6.07, 6.45) is 7.07. The summed E-state index contributed by atoms with van der Waals surface area (Å²) in [6.45, 7) is 19.0. The number of allylic oxidation sites excluding steroid dienone is 1. The van der Waals surface area contributed by atoms with E-state index >= 15 is 0 Å². The Bertz CT molecular complexity index is 2320. The molecular weight excluding hydrogens is 831 g/mol. The molecule has 336 valence electrons. The number of thiazole rings is 1. The van der Waals surface area contributed by atoms with Crippen LogP contribution in [0.3, 0.4) is 0 Å². The zero-order valence-corrected chi connectivity index (χ0v) is 38.6. The number of methoxy groups -OCH3 is 1. The number of esters is 1. The van der Waals surface area contributed by atoms with Gasteiger partial charge in [-0.15, -0.1) is 24.5 Å². The molecule has 1 aliphatic heterocycles. The highest BCUT2D eigenvalue weighted by Crippen LogP contribution is 2.46. The van der Waals surface area contributed by atoms with E-state index in [1.807, 2.05) is 36.6 Å². The number of likely N-dealkylation sites (tertiary alicyclic amines) is 1. The summed E-state index contributed by atoms with van der Waals surface area (Å²) in [5.74, 6) is -2.44. The number of aromatic nitrogens is 2. The monoisotopic (exact) mass is 891 g/mol. The van der Waals surface area contributed by atoms with E-state index in [0.717, 1.165) is 30.5 Å². The van der Waals surface area contributed by atoms with Crippen LogP contribution in [0.1, 0.15) is 116 Å². The lowest BCUT2D eigenvalue weighted by Crippen LogP contribution is -2.57. The molecule has 1 aromatic carbocycles. The van der Waals surface area contributed by atoms with Crippen molar-refractivity contribution < 1.29 is 41.8 Å². The first kappa shape index (κ1) is 46.7. The number of pyridine rings is 1. The molecule has 16 heteroatoms. The van der Waals surface area contributed by atoms with E-state index in [1.54, 1.807) is 27.9 Å². The smallest absolute Gasteiger partial charge is 0.307 e. The number of benzene rings is 1. The van der Waals surface area contributed by atoms with Gasteiger partial charge in [0.25, 0.3) is 5.91 Å². The molecule has 2 saturated carbocycles. The van der Waals surface area contributed by atoms with Crippen LogP contribution in [-0.4, -0.2) is 89.2 Å². The summed E-state index contributed by atoms with van der Waals surface area (Å²) in [7, 11) is -2.33. The number of hydrogen-bond donors (Lipinski definition) is 2. The summed E-state index contributed by atoms with van der Waals surface area (Å²) < 4.78 is 46.1. The van der Waals surface area contributed by atoms with Gasteiger partial charge in [-0.3, -0.25) is 23.9 Å². The van der Waals surface area contributed by atoms with E-state index in [1.165, 1.54) is 22.3 Å². The van der Waals surface area contributed by atoms with Crippen LogP contribution < -0.4 is 19.5 Å². The Morgan fingerprint density at radius 3 is 2.44 bits per heavy atom.